The monoisotopic (exact) mass is 313 g/mol. The van der Waals surface area contributed by atoms with Gasteiger partial charge in [0.05, 0.1) is 11.0 Å². The molecule has 0 aromatic heterocycles. The van der Waals surface area contributed by atoms with Crippen LogP contribution in [0.15, 0.2) is 18.2 Å². The number of hydrogen-bond acceptors (Lipinski definition) is 5. The van der Waals surface area contributed by atoms with Crippen LogP contribution >= 0.6 is 11.6 Å². The molecule has 0 bridgehead atoms. The molecule has 1 amide bonds. The summed E-state index contributed by atoms with van der Waals surface area (Å²) in [5.74, 6) is -0.256. The summed E-state index contributed by atoms with van der Waals surface area (Å²) in [4.78, 5) is 22.2. The molecule has 0 aliphatic carbocycles. The van der Waals surface area contributed by atoms with Crippen molar-refractivity contribution in [1.29, 1.82) is 0 Å². The lowest BCUT2D eigenvalue weighted by Gasteiger charge is -2.13. The fourth-order valence-corrected chi connectivity index (χ4v) is 2.36. The van der Waals surface area contributed by atoms with Gasteiger partial charge >= 0.3 is 0 Å². The molecule has 3 N–H and O–H groups in total. The molecular formula is C13H16ClN3O4. The van der Waals surface area contributed by atoms with E-state index in [2.05, 4.69) is 5.32 Å². The minimum atomic E-state index is -0.518. The van der Waals surface area contributed by atoms with E-state index in [1.54, 1.807) is 0 Å². The normalized spacial score (nSPS) is 21.2. The average Bonchev–Trinajstić information content (AvgIpc) is 2.94. The number of hydrogen-bond donors (Lipinski definition) is 2. The van der Waals surface area contributed by atoms with Gasteiger partial charge in [-0.25, -0.2) is 0 Å². The van der Waals surface area contributed by atoms with Crippen molar-refractivity contribution in [2.24, 2.45) is 5.73 Å². The SMILES string of the molecule is NC[C@H]1CC[C@@H](C(=O)NCc2cc([N+](=O)[O-])ccc2Cl)O1. The highest BCUT2D eigenvalue weighted by molar-refractivity contribution is 6.31. The van der Waals surface area contributed by atoms with Crippen molar-refractivity contribution in [1.82, 2.24) is 5.32 Å². The third-order valence-corrected chi connectivity index (χ3v) is 3.72. The van der Waals surface area contributed by atoms with Crippen LogP contribution in [0.3, 0.4) is 0 Å². The lowest BCUT2D eigenvalue weighted by molar-refractivity contribution is -0.384. The molecule has 0 unspecified atom stereocenters. The molecule has 0 radical (unpaired) electrons. The Morgan fingerprint density at radius 1 is 1.52 bits per heavy atom. The van der Waals surface area contributed by atoms with Crippen LogP contribution in [-0.4, -0.2) is 29.6 Å². The number of non-ortho nitro benzene ring substituents is 1. The summed E-state index contributed by atoms with van der Waals surface area (Å²) < 4.78 is 5.47. The van der Waals surface area contributed by atoms with Crippen molar-refractivity contribution in [3.63, 3.8) is 0 Å². The number of ether oxygens (including phenoxy) is 1. The fraction of sp³-hybridized carbons (Fsp3) is 0.462. The first-order valence-corrected chi connectivity index (χ1v) is 6.95. The number of amides is 1. The first-order valence-electron chi connectivity index (χ1n) is 6.57. The van der Waals surface area contributed by atoms with Crippen LogP contribution in [0, 0.1) is 10.1 Å². The van der Waals surface area contributed by atoms with Gasteiger partial charge in [-0.1, -0.05) is 11.6 Å². The summed E-state index contributed by atoms with van der Waals surface area (Å²) in [6.45, 7) is 0.507. The van der Waals surface area contributed by atoms with Crippen LogP contribution in [0.1, 0.15) is 18.4 Å². The predicted molar refractivity (Wildman–Crippen MR) is 76.9 cm³/mol. The van der Waals surface area contributed by atoms with Gasteiger partial charge in [0.2, 0.25) is 5.91 Å². The molecule has 2 atom stereocenters. The fourth-order valence-electron chi connectivity index (χ4n) is 2.18. The second kappa shape index (κ2) is 6.84. The molecule has 7 nitrogen and oxygen atoms in total. The van der Waals surface area contributed by atoms with E-state index in [4.69, 9.17) is 22.1 Å². The molecule has 1 saturated heterocycles. The molecule has 1 fully saturated rings. The maximum atomic E-state index is 12.0. The predicted octanol–water partition coefficient (Wildman–Crippen LogP) is 1.37. The zero-order valence-corrected chi connectivity index (χ0v) is 12.0. The Morgan fingerprint density at radius 3 is 2.90 bits per heavy atom. The van der Waals surface area contributed by atoms with Crippen LogP contribution in [0.5, 0.6) is 0 Å². The van der Waals surface area contributed by atoms with E-state index in [0.717, 1.165) is 6.42 Å². The lowest BCUT2D eigenvalue weighted by atomic mass is 10.1. The zero-order valence-electron chi connectivity index (χ0n) is 11.3. The molecular weight excluding hydrogens is 298 g/mol. The largest absolute Gasteiger partial charge is 0.364 e. The van der Waals surface area contributed by atoms with Crippen molar-refractivity contribution < 1.29 is 14.5 Å². The van der Waals surface area contributed by atoms with Crippen LogP contribution in [0.2, 0.25) is 5.02 Å². The zero-order chi connectivity index (χ0) is 15.4. The Balaban J connectivity index is 1.95. The smallest absolute Gasteiger partial charge is 0.269 e. The Hall–Kier alpha value is -1.70. The number of nitrogens with two attached hydrogens (primary N) is 1. The van der Waals surface area contributed by atoms with E-state index in [0.29, 0.717) is 23.6 Å². The Morgan fingerprint density at radius 2 is 2.29 bits per heavy atom. The van der Waals surface area contributed by atoms with E-state index in [1.165, 1.54) is 18.2 Å². The summed E-state index contributed by atoms with van der Waals surface area (Å²) in [6, 6.07) is 4.11. The van der Waals surface area contributed by atoms with Gasteiger partial charge in [-0.05, 0) is 24.5 Å². The first kappa shape index (κ1) is 15.7. The number of nitro groups is 1. The molecule has 1 aliphatic rings. The molecule has 1 aromatic carbocycles. The standard InChI is InChI=1S/C13H16ClN3O4/c14-11-3-1-9(17(19)20)5-8(11)7-16-13(18)12-4-2-10(6-15)21-12/h1,3,5,10,12H,2,4,6-7,15H2,(H,16,18)/t10-,12+/m1/s1. The third-order valence-electron chi connectivity index (χ3n) is 3.36. The van der Waals surface area contributed by atoms with Crippen molar-refractivity contribution in [3.8, 4) is 0 Å². The topological polar surface area (TPSA) is 107 Å². The summed E-state index contributed by atoms with van der Waals surface area (Å²) in [5.41, 5.74) is 5.92. The number of carbonyl (C=O) groups excluding carboxylic acids is 1. The van der Waals surface area contributed by atoms with Crippen LogP contribution in [0.4, 0.5) is 5.69 Å². The van der Waals surface area contributed by atoms with Crippen molar-refractivity contribution >= 4 is 23.2 Å². The summed E-state index contributed by atoms with van der Waals surface area (Å²) in [7, 11) is 0. The number of benzene rings is 1. The van der Waals surface area contributed by atoms with Crippen molar-refractivity contribution in [2.45, 2.75) is 31.6 Å². The number of carbonyl (C=O) groups is 1. The highest BCUT2D eigenvalue weighted by Gasteiger charge is 2.29. The van der Waals surface area contributed by atoms with E-state index in [9.17, 15) is 14.9 Å². The van der Waals surface area contributed by atoms with Gasteiger partial charge in [0, 0.05) is 30.2 Å². The molecule has 114 valence electrons. The highest BCUT2D eigenvalue weighted by Crippen LogP contribution is 2.23. The molecule has 8 heteroatoms. The maximum absolute atomic E-state index is 12.0. The second-order valence-electron chi connectivity index (χ2n) is 4.81. The second-order valence-corrected chi connectivity index (χ2v) is 5.22. The number of nitrogens with one attached hydrogen (secondary N) is 1. The number of halogens is 1. The molecule has 1 aliphatic heterocycles. The quantitative estimate of drug-likeness (QED) is 0.630. The van der Waals surface area contributed by atoms with Gasteiger partial charge < -0.3 is 15.8 Å². The van der Waals surface area contributed by atoms with Crippen LogP contribution in [0.25, 0.3) is 0 Å². The number of nitro benzene ring substituents is 1. The summed E-state index contributed by atoms with van der Waals surface area (Å²) in [5, 5.41) is 13.8. The third kappa shape index (κ3) is 3.90. The van der Waals surface area contributed by atoms with E-state index in [1.807, 2.05) is 0 Å². The van der Waals surface area contributed by atoms with Crippen LogP contribution < -0.4 is 11.1 Å². The molecule has 2 rings (SSSR count). The van der Waals surface area contributed by atoms with Crippen molar-refractivity contribution in [2.75, 3.05) is 6.54 Å². The van der Waals surface area contributed by atoms with Gasteiger partial charge in [-0.2, -0.15) is 0 Å². The van der Waals surface area contributed by atoms with Crippen LogP contribution in [-0.2, 0) is 16.1 Å². The number of rotatable bonds is 5. The van der Waals surface area contributed by atoms with Gasteiger partial charge in [0.25, 0.3) is 5.69 Å². The minimum Gasteiger partial charge on any atom is -0.364 e. The Labute approximate surface area is 126 Å². The Kier molecular flexibility index (Phi) is 5.11. The van der Waals surface area contributed by atoms with Gasteiger partial charge in [0.1, 0.15) is 6.10 Å². The van der Waals surface area contributed by atoms with Gasteiger partial charge in [-0.15, -0.1) is 0 Å². The molecule has 1 heterocycles. The van der Waals surface area contributed by atoms with Gasteiger partial charge in [-0.3, -0.25) is 14.9 Å². The molecule has 1 aromatic rings. The van der Waals surface area contributed by atoms with E-state index in [-0.39, 0.29) is 24.2 Å². The van der Waals surface area contributed by atoms with E-state index >= 15 is 0 Å². The lowest BCUT2D eigenvalue weighted by Crippen LogP contribution is -2.35. The minimum absolute atomic E-state index is 0.0658. The summed E-state index contributed by atoms with van der Waals surface area (Å²) in [6.07, 6.45) is 0.779. The molecule has 0 saturated carbocycles. The Bertz CT molecular complexity index is 552. The maximum Gasteiger partial charge on any atom is 0.269 e. The highest BCUT2D eigenvalue weighted by atomic mass is 35.5. The number of nitrogens with zero attached hydrogens (tertiary/aromatic N) is 1. The molecule has 21 heavy (non-hydrogen) atoms. The van der Waals surface area contributed by atoms with Crippen molar-refractivity contribution in [3.05, 3.63) is 38.9 Å². The van der Waals surface area contributed by atoms with E-state index < -0.39 is 11.0 Å². The molecule has 0 spiro atoms. The average molecular weight is 314 g/mol. The first-order chi connectivity index (χ1) is 10.0. The summed E-state index contributed by atoms with van der Waals surface area (Å²) >= 11 is 5.97. The van der Waals surface area contributed by atoms with Gasteiger partial charge in [0.15, 0.2) is 0 Å².